The second-order valence-corrected chi connectivity index (χ2v) is 7.26. The Balaban J connectivity index is 1.61. The summed E-state index contributed by atoms with van der Waals surface area (Å²) < 4.78 is 0. The maximum absolute atomic E-state index is 3.81. The standard InChI is InChI=1S/C17H26N2S/c1-19-10-9-14-11-13(7-8-16(14)19)12-18-15-5-3-4-6-17(15)20-2/h7-8,11,15,17-18H,3-6,9-10,12H2,1-2H3. The molecule has 1 aliphatic heterocycles. The van der Waals surface area contributed by atoms with E-state index in [0.717, 1.165) is 11.8 Å². The van der Waals surface area contributed by atoms with Gasteiger partial charge in [-0.2, -0.15) is 11.8 Å². The van der Waals surface area contributed by atoms with Gasteiger partial charge >= 0.3 is 0 Å². The number of anilines is 1. The summed E-state index contributed by atoms with van der Waals surface area (Å²) in [5.41, 5.74) is 4.40. The molecule has 1 fully saturated rings. The average Bonchev–Trinajstić information content (AvgIpc) is 2.86. The van der Waals surface area contributed by atoms with Crippen molar-refractivity contribution in [2.45, 2.75) is 49.9 Å². The summed E-state index contributed by atoms with van der Waals surface area (Å²) in [5, 5.41) is 4.62. The van der Waals surface area contributed by atoms with E-state index in [2.05, 4.69) is 41.7 Å². The third-order valence-corrected chi connectivity index (χ3v) is 6.02. The first-order valence-electron chi connectivity index (χ1n) is 7.87. The highest BCUT2D eigenvalue weighted by atomic mass is 32.2. The van der Waals surface area contributed by atoms with Crippen molar-refractivity contribution in [1.29, 1.82) is 0 Å². The lowest BCUT2D eigenvalue weighted by Gasteiger charge is -2.31. The zero-order valence-electron chi connectivity index (χ0n) is 12.7. The van der Waals surface area contributed by atoms with Crippen LogP contribution < -0.4 is 10.2 Å². The summed E-state index contributed by atoms with van der Waals surface area (Å²) in [6.45, 7) is 2.20. The van der Waals surface area contributed by atoms with Crippen LogP contribution in [0.2, 0.25) is 0 Å². The first-order chi connectivity index (χ1) is 9.78. The predicted octanol–water partition coefficient (Wildman–Crippen LogP) is 3.44. The highest BCUT2D eigenvalue weighted by Gasteiger charge is 2.23. The number of rotatable bonds is 4. The van der Waals surface area contributed by atoms with E-state index >= 15 is 0 Å². The van der Waals surface area contributed by atoms with Gasteiger partial charge in [0.05, 0.1) is 0 Å². The van der Waals surface area contributed by atoms with Gasteiger partial charge in [-0.1, -0.05) is 25.0 Å². The number of thioether (sulfide) groups is 1. The summed E-state index contributed by atoms with van der Waals surface area (Å²) in [4.78, 5) is 2.36. The Morgan fingerprint density at radius 1 is 1.30 bits per heavy atom. The van der Waals surface area contributed by atoms with Crippen molar-refractivity contribution in [3.8, 4) is 0 Å². The van der Waals surface area contributed by atoms with Crippen molar-refractivity contribution in [3.05, 3.63) is 29.3 Å². The Hall–Kier alpha value is -0.670. The Labute approximate surface area is 127 Å². The maximum atomic E-state index is 3.81. The van der Waals surface area contributed by atoms with Crippen molar-refractivity contribution in [2.75, 3.05) is 24.7 Å². The summed E-state index contributed by atoms with van der Waals surface area (Å²) in [7, 11) is 2.19. The van der Waals surface area contributed by atoms with Crippen LogP contribution in [0, 0.1) is 0 Å². The number of nitrogens with one attached hydrogen (secondary N) is 1. The van der Waals surface area contributed by atoms with Gasteiger partial charge < -0.3 is 10.2 Å². The van der Waals surface area contributed by atoms with Gasteiger partial charge in [0.2, 0.25) is 0 Å². The Kier molecular flexibility index (Phi) is 4.57. The van der Waals surface area contributed by atoms with Crippen molar-refractivity contribution in [3.63, 3.8) is 0 Å². The smallest absolute Gasteiger partial charge is 0.0397 e. The molecule has 2 nitrogen and oxygen atoms in total. The zero-order chi connectivity index (χ0) is 13.9. The van der Waals surface area contributed by atoms with Crippen LogP contribution in [0.5, 0.6) is 0 Å². The maximum Gasteiger partial charge on any atom is 0.0397 e. The number of likely N-dealkylation sites (N-methyl/N-ethyl adjacent to an activating group) is 1. The van der Waals surface area contributed by atoms with Crippen molar-refractivity contribution in [2.24, 2.45) is 0 Å². The lowest BCUT2D eigenvalue weighted by Crippen LogP contribution is -2.39. The van der Waals surface area contributed by atoms with Gasteiger partial charge in [-0.25, -0.2) is 0 Å². The van der Waals surface area contributed by atoms with Crippen LogP contribution in [0.15, 0.2) is 18.2 Å². The molecule has 3 rings (SSSR count). The molecule has 1 N–H and O–H groups in total. The first-order valence-corrected chi connectivity index (χ1v) is 9.16. The van der Waals surface area contributed by atoms with Gasteiger partial charge in [-0.3, -0.25) is 0 Å². The molecule has 3 heteroatoms. The molecule has 2 unspecified atom stereocenters. The summed E-state index contributed by atoms with van der Waals surface area (Å²) in [6.07, 6.45) is 9.00. The predicted molar refractivity (Wildman–Crippen MR) is 89.8 cm³/mol. The fourth-order valence-corrected chi connectivity index (χ4v) is 4.55. The minimum atomic E-state index is 0.703. The van der Waals surface area contributed by atoms with Gasteiger partial charge in [0.25, 0.3) is 0 Å². The van der Waals surface area contributed by atoms with E-state index in [-0.39, 0.29) is 0 Å². The largest absolute Gasteiger partial charge is 0.374 e. The summed E-state index contributed by atoms with van der Waals surface area (Å²) >= 11 is 2.04. The monoisotopic (exact) mass is 290 g/mol. The van der Waals surface area contributed by atoms with E-state index in [9.17, 15) is 0 Å². The Bertz CT molecular complexity index is 460. The van der Waals surface area contributed by atoms with E-state index in [0.29, 0.717) is 6.04 Å². The molecule has 0 aromatic heterocycles. The van der Waals surface area contributed by atoms with Gasteiger partial charge in [0, 0.05) is 37.1 Å². The summed E-state index contributed by atoms with van der Waals surface area (Å²) in [6, 6.07) is 7.70. The number of nitrogens with zero attached hydrogens (tertiary/aromatic N) is 1. The molecule has 1 heterocycles. The Morgan fingerprint density at radius 3 is 3.00 bits per heavy atom. The molecule has 1 aromatic rings. The second kappa shape index (κ2) is 6.40. The number of benzene rings is 1. The Morgan fingerprint density at radius 2 is 2.15 bits per heavy atom. The van der Waals surface area contributed by atoms with Crippen LogP contribution in [0.4, 0.5) is 5.69 Å². The molecule has 110 valence electrons. The number of hydrogen-bond donors (Lipinski definition) is 1. The molecule has 0 amide bonds. The molecule has 0 spiro atoms. The molecule has 0 saturated heterocycles. The minimum Gasteiger partial charge on any atom is -0.374 e. The van der Waals surface area contributed by atoms with Crippen LogP contribution in [0.25, 0.3) is 0 Å². The molecular weight excluding hydrogens is 264 g/mol. The van der Waals surface area contributed by atoms with Crippen LogP contribution in [0.1, 0.15) is 36.8 Å². The number of hydrogen-bond acceptors (Lipinski definition) is 3. The van der Waals surface area contributed by atoms with Gasteiger partial charge in [0.15, 0.2) is 0 Å². The van der Waals surface area contributed by atoms with E-state index in [1.165, 1.54) is 55.5 Å². The topological polar surface area (TPSA) is 15.3 Å². The molecule has 1 saturated carbocycles. The number of fused-ring (bicyclic) bond motifs is 1. The SMILES string of the molecule is CSC1CCCCC1NCc1ccc2c(c1)CCN2C. The third-order valence-electron chi connectivity index (χ3n) is 4.85. The van der Waals surface area contributed by atoms with E-state index in [4.69, 9.17) is 0 Å². The van der Waals surface area contributed by atoms with Gasteiger partial charge in [-0.05, 0) is 42.7 Å². The molecule has 1 aromatic carbocycles. The third kappa shape index (κ3) is 2.99. The molecule has 0 bridgehead atoms. The quantitative estimate of drug-likeness (QED) is 0.914. The van der Waals surface area contributed by atoms with Crippen LogP contribution in [0.3, 0.4) is 0 Å². The van der Waals surface area contributed by atoms with E-state index in [1.807, 2.05) is 11.8 Å². The van der Waals surface area contributed by atoms with Crippen LogP contribution in [-0.2, 0) is 13.0 Å². The fourth-order valence-electron chi connectivity index (χ4n) is 3.59. The van der Waals surface area contributed by atoms with Crippen molar-refractivity contribution in [1.82, 2.24) is 5.32 Å². The van der Waals surface area contributed by atoms with Gasteiger partial charge in [-0.15, -0.1) is 0 Å². The molecule has 2 atom stereocenters. The normalized spacial score (nSPS) is 25.8. The molecule has 0 radical (unpaired) electrons. The van der Waals surface area contributed by atoms with Crippen LogP contribution >= 0.6 is 11.8 Å². The highest BCUT2D eigenvalue weighted by Crippen LogP contribution is 2.29. The van der Waals surface area contributed by atoms with Crippen molar-refractivity contribution >= 4 is 17.4 Å². The van der Waals surface area contributed by atoms with Gasteiger partial charge in [0.1, 0.15) is 0 Å². The second-order valence-electron chi connectivity index (χ2n) is 6.18. The van der Waals surface area contributed by atoms with E-state index < -0.39 is 0 Å². The zero-order valence-corrected chi connectivity index (χ0v) is 13.5. The highest BCUT2D eigenvalue weighted by molar-refractivity contribution is 7.99. The molecule has 2 aliphatic rings. The van der Waals surface area contributed by atoms with Crippen LogP contribution in [-0.4, -0.2) is 31.1 Å². The molecule has 20 heavy (non-hydrogen) atoms. The minimum absolute atomic E-state index is 0.703. The summed E-state index contributed by atoms with van der Waals surface area (Å²) in [5.74, 6) is 0. The van der Waals surface area contributed by atoms with E-state index in [1.54, 1.807) is 0 Å². The first kappa shape index (κ1) is 14.3. The lowest BCUT2D eigenvalue weighted by atomic mass is 9.94. The van der Waals surface area contributed by atoms with Crippen molar-refractivity contribution < 1.29 is 0 Å². The molecular formula is C17H26N2S. The molecule has 1 aliphatic carbocycles. The fraction of sp³-hybridized carbons (Fsp3) is 0.647. The lowest BCUT2D eigenvalue weighted by molar-refractivity contribution is 0.383. The average molecular weight is 290 g/mol.